The Labute approximate surface area is 82.2 Å². The van der Waals surface area contributed by atoms with E-state index in [2.05, 4.69) is 32.2 Å². The normalized spacial score (nSPS) is 22.0. The summed E-state index contributed by atoms with van der Waals surface area (Å²) in [4.78, 5) is 1.02. The summed E-state index contributed by atoms with van der Waals surface area (Å²) in [6.45, 7) is 10.0. The number of allylic oxidation sites excluding steroid dienone is 3. The predicted octanol–water partition coefficient (Wildman–Crippen LogP) is 4.20. The van der Waals surface area contributed by atoms with Crippen molar-refractivity contribution in [1.29, 1.82) is 0 Å². The lowest BCUT2D eigenvalue weighted by molar-refractivity contribution is 0.593. The minimum atomic E-state index is 0.553. The first-order valence-electron chi connectivity index (χ1n) is 4.76. The summed E-state index contributed by atoms with van der Waals surface area (Å²) >= 11 is 4.27. The molecule has 0 saturated carbocycles. The van der Waals surface area contributed by atoms with Gasteiger partial charge in [-0.1, -0.05) is 32.1 Å². The van der Waals surface area contributed by atoms with Gasteiger partial charge in [0.1, 0.15) is 0 Å². The van der Waals surface area contributed by atoms with Crippen molar-refractivity contribution in [1.82, 2.24) is 0 Å². The fourth-order valence-electron chi connectivity index (χ4n) is 1.45. The lowest BCUT2D eigenvalue weighted by atomic mass is 9.89. The highest BCUT2D eigenvalue weighted by molar-refractivity contribution is 7.84. The maximum Gasteiger partial charge on any atom is 0.00969 e. The SMILES string of the molecule is C=C(S)C1CCCC=C1C.CC. The van der Waals surface area contributed by atoms with Gasteiger partial charge in [-0.2, -0.15) is 0 Å². The van der Waals surface area contributed by atoms with Crippen LogP contribution in [0.1, 0.15) is 40.0 Å². The number of rotatable bonds is 1. The topological polar surface area (TPSA) is 0 Å². The first-order chi connectivity index (χ1) is 5.72. The van der Waals surface area contributed by atoms with Crippen molar-refractivity contribution >= 4 is 12.6 Å². The van der Waals surface area contributed by atoms with Gasteiger partial charge in [0.2, 0.25) is 0 Å². The van der Waals surface area contributed by atoms with E-state index in [1.165, 1.54) is 24.8 Å². The average molecular weight is 184 g/mol. The highest BCUT2D eigenvalue weighted by Crippen LogP contribution is 2.30. The standard InChI is InChI=1S/C9H14S.C2H6/c1-7-5-3-4-6-9(7)8(2)10;1-2/h5,9-10H,2-4,6H2,1H3;1-2H3. The van der Waals surface area contributed by atoms with Gasteiger partial charge in [0.25, 0.3) is 0 Å². The Morgan fingerprint density at radius 1 is 1.58 bits per heavy atom. The Kier molecular flexibility index (Phi) is 6.27. The van der Waals surface area contributed by atoms with Crippen molar-refractivity contribution < 1.29 is 0 Å². The molecule has 1 rings (SSSR count). The summed E-state index contributed by atoms with van der Waals surface area (Å²) in [5, 5.41) is 0. The minimum Gasteiger partial charge on any atom is -0.148 e. The molecule has 0 nitrogen and oxygen atoms in total. The highest BCUT2D eigenvalue weighted by Gasteiger charge is 2.14. The largest absolute Gasteiger partial charge is 0.148 e. The Morgan fingerprint density at radius 3 is 2.50 bits per heavy atom. The van der Waals surface area contributed by atoms with E-state index in [0.717, 1.165) is 4.91 Å². The summed E-state index contributed by atoms with van der Waals surface area (Å²) < 4.78 is 0. The summed E-state index contributed by atoms with van der Waals surface area (Å²) in [5.74, 6) is 0.553. The molecule has 0 radical (unpaired) electrons. The Hall–Kier alpha value is -0.170. The zero-order valence-electron chi connectivity index (χ0n) is 8.43. The molecule has 1 heteroatoms. The summed E-state index contributed by atoms with van der Waals surface area (Å²) in [7, 11) is 0. The number of thiol groups is 1. The predicted molar refractivity (Wildman–Crippen MR) is 60.6 cm³/mol. The van der Waals surface area contributed by atoms with Crippen molar-refractivity contribution in [3.05, 3.63) is 23.1 Å². The van der Waals surface area contributed by atoms with Crippen molar-refractivity contribution in [2.75, 3.05) is 0 Å². The molecule has 0 aliphatic heterocycles. The molecule has 0 fully saturated rings. The summed E-state index contributed by atoms with van der Waals surface area (Å²) in [5.41, 5.74) is 1.45. The number of hydrogen-bond donors (Lipinski definition) is 1. The minimum absolute atomic E-state index is 0.553. The van der Waals surface area contributed by atoms with E-state index >= 15 is 0 Å². The van der Waals surface area contributed by atoms with Crippen LogP contribution in [-0.4, -0.2) is 0 Å². The van der Waals surface area contributed by atoms with Crippen LogP contribution in [0.3, 0.4) is 0 Å². The third-order valence-electron chi connectivity index (χ3n) is 2.12. The fraction of sp³-hybridized carbons (Fsp3) is 0.636. The van der Waals surface area contributed by atoms with E-state index < -0.39 is 0 Å². The molecule has 0 aromatic rings. The van der Waals surface area contributed by atoms with Gasteiger partial charge in [-0.25, -0.2) is 0 Å². The van der Waals surface area contributed by atoms with Gasteiger partial charge in [0, 0.05) is 5.92 Å². The van der Waals surface area contributed by atoms with E-state index in [1.54, 1.807) is 0 Å². The van der Waals surface area contributed by atoms with Gasteiger partial charge in [0.15, 0.2) is 0 Å². The van der Waals surface area contributed by atoms with Crippen LogP contribution in [0.25, 0.3) is 0 Å². The average Bonchev–Trinajstić information content (AvgIpc) is 2.08. The zero-order chi connectivity index (χ0) is 9.56. The fourth-order valence-corrected chi connectivity index (χ4v) is 1.78. The van der Waals surface area contributed by atoms with Gasteiger partial charge in [-0.3, -0.25) is 0 Å². The molecule has 70 valence electrons. The van der Waals surface area contributed by atoms with Crippen LogP contribution < -0.4 is 0 Å². The van der Waals surface area contributed by atoms with E-state index in [0.29, 0.717) is 5.92 Å². The van der Waals surface area contributed by atoms with Crippen LogP contribution in [0.5, 0.6) is 0 Å². The Balaban J connectivity index is 0.000000561. The maximum atomic E-state index is 4.27. The van der Waals surface area contributed by atoms with Crippen molar-refractivity contribution in [3.8, 4) is 0 Å². The van der Waals surface area contributed by atoms with Crippen molar-refractivity contribution in [3.63, 3.8) is 0 Å². The smallest absolute Gasteiger partial charge is 0.00969 e. The molecule has 1 aliphatic carbocycles. The van der Waals surface area contributed by atoms with Gasteiger partial charge >= 0.3 is 0 Å². The second kappa shape index (κ2) is 6.36. The molecule has 1 unspecified atom stereocenters. The van der Waals surface area contributed by atoms with Gasteiger partial charge in [-0.15, -0.1) is 12.6 Å². The molecular weight excluding hydrogens is 164 g/mol. The molecule has 0 heterocycles. The molecule has 0 spiro atoms. The lowest BCUT2D eigenvalue weighted by Gasteiger charge is -2.20. The first-order valence-corrected chi connectivity index (χ1v) is 5.21. The molecule has 0 aromatic heterocycles. The third-order valence-corrected chi connectivity index (χ3v) is 2.43. The lowest BCUT2D eigenvalue weighted by Crippen LogP contribution is -2.05. The van der Waals surface area contributed by atoms with Crippen LogP contribution in [-0.2, 0) is 0 Å². The zero-order valence-corrected chi connectivity index (χ0v) is 9.32. The second-order valence-electron chi connectivity index (χ2n) is 2.92. The van der Waals surface area contributed by atoms with E-state index in [1.807, 2.05) is 13.8 Å². The molecular formula is C11H20S. The molecule has 1 aliphatic rings. The second-order valence-corrected chi connectivity index (χ2v) is 3.50. The number of hydrogen-bond acceptors (Lipinski definition) is 1. The van der Waals surface area contributed by atoms with Gasteiger partial charge < -0.3 is 0 Å². The van der Waals surface area contributed by atoms with Crippen LogP contribution in [0.15, 0.2) is 23.1 Å². The van der Waals surface area contributed by atoms with Gasteiger partial charge in [0.05, 0.1) is 0 Å². The first kappa shape index (κ1) is 11.8. The molecule has 0 bridgehead atoms. The maximum absolute atomic E-state index is 4.27. The van der Waals surface area contributed by atoms with Crippen molar-refractivity contribution in [2.24, 2.45) is 5.92 Å². The van der Waals surface area contributed by atoms with E-state index in [9.17, 15) is 0 Å². The Morgan fingerprint density at radius 2 is 2.17 bits per heavy atom. The molecule has 0 N–H and O–H groups in total. The monoisotopic (exact) mass is 184 g/mol. The Bertz CT molecular complexity index is 168. The highest BCUT2D eigenvalue weighted by atomic mass is 32.1. The van der Waals surface area contributed by atoms with Crippen LogP contribution >= 0.6 is 12.6 Å². The van der Waals surface area contributed by atoms with E-state index in [-0.39, 0.29) is 0 Å². The molecule has 0 aromatic carbocycles. The van der Waals surface area contributed by atoms with Crippen molar-refractivity contribution in [2.45, 2.75) is 40.0 Å². The van der Waals surface area contributed by atoms with Crippen LogP contribution in [0.4, 0.5) is 0 Å². The summed E-state index contributed by atoms with van der Waals surface area (Å²) in [6.07, 6.45) is 6.07. The molecule has 12 heavy (non-hydrogen) atoms. The quantitative estimate of drug-likeness (QED) is 0.458. The van der Waals surface area contributed by atoms with E-state index in [4.69, 9.17) is 0 Å². The van der Waals surface area contributed by atoms with Gasteiger partial charge in [-0.05, 0) is 31.1 Å². The molecule has 0 saturated heterocycles. The van der Waals surface area contributed by atoms with Crippen LogP contribution in [0, 0.1) is 5.92 Å². The molecule has 1 atom stereocenters. The summed E-state index contributed by atoms with van der Waals surface area (Å²) in [6, 6.07) is 0. The van der Waals surface area contributed by atoms with Crippen LogP contribution in [0.2, 0.25) is 0 Å². The third kappa shape index (κ3) is 3.48. The molecule has 0 amide bonds.